The summed E-state index contributed by atoms with van der Waals surface area (Å²) in [6, 6.07) is 84.2. The summed E-state index contributed by atoms with van der Waals surface area (Å²) >= 11 is 0. The van der Waals surface area contributed by atoms with Crippen molar-refractivity contribution >= 4 is 0 Å². The van der Waals surface area contributed by atoms with E-state index in [-0.39, 0.29) is 0 Å². The van der Waals surface area contributed by atoms with Crippen LogP contribution in [0.3, 0.4) is 0 Å². The average Bonchev–Trinajstić information content (AvgIpc) is 4.20. The molecule has 0 spiro atoms. The highest BCUT2D eigenvalue weighted by atomic mass is 15.1. The van der Waals surface area contributed by atoms with E-state index in [1.165, 1.54) is 111 Å². The molecule has 11 aromatic rings. The minimum Gasteiger partial charge on any atom is -0.319 e. The van der Waals surface area contributed by atoms with E-state index in [2.05, 4.69) is 249 Å². The summed E-state index contributed by atoms with van der Waals surface area (Å²) in [6.07, 6.45) is 8.06. The largest absolute Gasteiger partial charge is 0.319 e. The highest BCUT2D eigenvalue weighted by molar-refractivity contribution is 5.90. The highest BCUT2D eigenvalue weighted by Crippen LogP contribution is 2.61. The summed E-state index contributed by atoms with van der Waals surface area (Å²) < 4.78 is 2.32. The molecule has 0 atom stereocenters. The molecular weight excluding hydrogens is 847 g/mol. The Labute approximate surface area is 409 Å². The van der Waals surface area contributed by atoms with Gasteiger partial charge in [0, 0.05) is 18.6 Å². The smallest absolute Gasteiger partial charge is 0.122 e. The number of pyridine rings is 1. The van der Waals surface area contributed by atoms with Crippen molar-refractivity contribution in [2.75, 3.05) is 0 Å². The van der Waals surface area contributed by atoms with Gasteiger partial charge in [-0.3, -0.25) is 4.98 Å². The molecule has 0 saturated carbocycles. The Bertz CT molecular complexity index is 3740. The zero-order chi connectivity index (χ0) is 46.6. The highest BCUT2D eigenvalue weighted by Gasteiger charge is 2.52. The van der Waals surface area contributed by atoms with Crippen LogP contribution in [-0.4, -0.2) is 14.5 Å². The maximum absolute atomic E-state index is 5.44. The van der Waals surface area contributed by atoms with Crippen LogP contribution in [0.2, 0.25) is 0 Å². The van der Waals surface area contributed by atoms with Crippen molar-refractivity contribution in [1.29, 1.82) is 0 Å². The predicted molar refractivity (Wildman–Crippen MR) is 283 cm³/mol. The molecule has 2 aromatic heterocycles. The van der Waals surface area contributed by atoms with E-state index >= 15 is 0 Å². The van der Waals surface area contributed by atoms with Gasteiger partial charge in [0.25, 0.3) is 0 Å². The monoisotopic (exact) mass is 893 g/mol. The summed E-state index contributed by atoms with van der Waals surface area (Å²) in [4.78, 5) is 10.1. The van der Waals surface area contributed by atoms with Crippen molar-refractivity contribution < 1.29 is 0 Å². The predicted octanol–water partition coefficient (Wildman–Crippen LogP) is 15.1. The molecule has 2 heterocycles. The van der Waals surface area contributed by atoms with Gasteiger partial charge in [-0.05, 0) is 137 Å². The van der Waals surface area contributed by atoms with Gasteiger partial charge in [0.15, 0.2) is 0 Å². The molecule has 9 aromatic carbocycles. The summed E-state index contributed by atoms with van der Waals surface area (Å²) in [5.74, 6) is 0. The molecule has 3 aliphatic rings. The lowest BCUT2D eigenvalue weighted by atomic mass is 9.64. The number of fused-ring (bicyclic) bond motifs is 9. The first kappa shape index (κ1) is 40.4. The Morgan fingerprint density at radius 3 is 1.24 bits per heavy atom. The number of aromatic nitrogens is 3. The van der Waals surface area contributed by atoms with Crippen LogP contribution in [0.5, 0.6) is 0 Å². The molecule has 0 radical (unpaired) electrons. The molecule has 0 unspecified atom stereocenters. The quantitative estimate of drug-likeness (QED) is 0.160. The first-order valence-electron chi connectivity index (χ1n) is 24.4. The van der Waals surface area contributed by atoms with Crippen LogP contribution in [0.15, 0.2) is 249 Å². The van der Waals surface area contributed by atoms with Gasteiger partial charge in [-0.25, -0.2) is 4.98 Å². The fourth-order valence-corrected chi connectivity index (χ4v) is 13.4. The third-order valence-corrected chi connectivity index (χ3v) is 16.1. The first-order chi connectivity index (χ1) is 34.5. The number of aryl methyl sites for hydroxylation is 2. The fourth-order valence-electron chi connectivity index (χ4n) is 13.4. The molecule has 3 heteroatoms. The lowest BCUT2D eigenvalue weighted by molar-refractivity contribution is 0.526. The molecule has 0 saturated heterocycles. The first-order valence-corrected chi connectivity index (χ1v) is 24.4. The third kappa shape index (κ3) is 5.24. The lowest BCUT2D eigenvalue weighted by Gasteiger charge is -2.39. The molecule has 0 amide bonds. The number of imidazole rings is 1. The molecule has 70 heavy (non-hydrogen) atoms. The second kappa shape index (κ2) is 15.2. The number of nitrogens with zero attached hydrogens (tertiary/aromatic N) is 3. The van der Waals surface area contributed by atoms with Gasteiger partial charge < -0.3 is 4.57 Å². The van der Waals surface area contributed by atoms with Crippen molar-refractivity contribution in [1.82, 2.24) is 14.5 Å². The van der Waals surface area contributed by atoms with Gasteiger partial charge in [0.2, 0.25) is 0 Å². The van der Waals surface area contributed by atoms with E-state index in [1.54, 1.807) is 0 Å². The summed E-state index contributed by atoms with van der Waals surface area (Å²) in [5.41, 5.74) is 23.6. The van der Waals surface area contributed by atoms with Gasteiger partial charge >= 0.3 is 0 Å². The van der Waals surface area contributed by atoms with Crippen LogP contribution < -0.4 is 0 Å². The zero-order valence-corrected chi connectivity index (χ0v) is 39.0. The Morgan fingerprint density at radius 1 is 0.357 bits per heavy atom. The number of rotatable bonds is 7. The topological polar surface area (TPSA) is 30.7 Å². The Balaban J connectivity index is 1.08. The molecule has 330 valence electrons. The summed E-state index contributed by atoms with van der Waals surface area (Å²) in [7, 11) is 0. The number of benzene rings is 9. The van der Waals surface area contributed by atoms with E-state index in [1.807, 2.05) is 18.7 Å². The Kier molecular flexibility index (Phi) is 8.76. The summed E-state index contributed by atoms with van der Waals surface area (Å²) in [5, 5.41) is 0. The lowest BCUT2D eigenvalue weighted by Crippen LogP contribution is -2.36. The van der Waals surface area contributed by atoms with Gasteiger partial charge in [-0.2, -0.15) is 0 Å². The molecule has 0 N–H and O–H groups in total. The average molecular weight is 894 g/mol. The van der Waals surface area contributed by atoms with Crippen LogP contribution in [0, 0.1) is 13.8 Å². The number of hydrogen-bond donors (Lipinski definition) is 0. The van der Waals surface area contributed by atoms with Crippen molar-refractivity contribution in [3.63, 3.8) is 0 Å². The Morgan fingerprint density at radius 2 is 0.757 bits per heavy atom. The molecule has 3 nitrogen and oxygen atoms in total. The van der Waals surface area contributed by atoms with Gasteiger partial charge in [-0.15, -0.1) is 0 Å². The van der Waals surface area contributed by atoms with Gasteiger partial charge in [-0.1, -0.05) is 212 Å². The van der Waals surface area contributed by atoms with Crippen molar-refractivity contribution in [3.8, 4) is 44.5 Å². The molecule has 0 fully saturated rings. The van der Waals surface area contributed by atoms with Crippen molar-refractivity contribution in [2.24, 2.45) is 0 Å². The molecule has 0 bridgehead atoms. The molecule has 3 aliphatic carbocycles. The van der Waals surface area contributed by atoms with E-state index in [0.29, 0.717) is 0 Å². The maximum atomic E-state index is 5.44. The van der Waals surface area contributed by atoms with Crippen molar-refractivity contribution in [2.45, 2.75) is 30.2 Å². The molecular formula is C67H47N3. The summed E-state index contributed by atoms with van der Waals surface area (Å²) in [6.45, 7) is 4.43. The minimum absolute atomic E-state index is 0.673. The Hall–Kier alpha value is -8.66. The molecule has 0 aliphatic heterocycles. The standard InChI is InChI=1S/C67H47N3/c1-44-18-15-19-45(2)64(44)46-36-37-69-63(40-46)66(59-32-11-5-26-53(59)54-27-6-12-33-60(54)66)49-22-16-20-47(41-49)65(57-30-9-3-24-51(57)52-25-4-10-31-58(52)65)48-21-17-23-50(42-48)67(70-39-38-68-43-70)61-34-13-7-28-55(61)56-29-8-14-35-62(56)67/h3-43H,1-2H3. The normalized spacial score (nSPS) is 14.8. The fraction of sp³-hybridized carbons (Fsp3) is 0.0746. The third-order valence-electron chi connectivity index (χ3n) is 16.1. The van der Waals surface area contributed by atoms with Gasteiger partial charge in [0.1, 0.15) is 5.54 Å². The zero-order valence-electron chi connectivity index (χ0n) is 39.0. The van der Waals surface area contributed by atoms with Crippen LogP contribution >= 0.6 is 0 Å². The second-order valence-electron chi connectivity index (χ2n) is 19.3. The van der Waals surface area contributed by atoms with Crippen LogP contribution in [0.4, 0.5) is 0 Å². The van der Waals surface area contributed by atoms with E-state index < -0.39 is 16.4 Å². The second-order valence-corrected chi connectivity index (χ2v) is 19.3. The van der Waals surface area contributed by atoms with E-state index in [9.17, 15) is 0 Å². The van der Waals surface area contributed by atoms with Gasteiger partial charge in [0.05, 0.1) is 22.9 Å². The molecule has 14 rings (SSSR count). The van der Waals surface area contributed by atoms with Crippen LogP contribution in [0.25, 0.3) is 44.5 Å². The SMILES string of the molecule is Cc1cccc(C)c1-c1ccnc(C2(c3cccc(C4(c5cccc(C6(n7ccnc7)c7ccccc7-c7ccccc76)c5)c5ccccc5-c5ccccc54)c3)c3ccccc3-c3ccccc32)c1. The van der Waals surface area contributed by atoms with Crippen LogP contribution in [0.1, 0.15) is 72.5 Å². The minimum atomic E-state index is -0.737. The van der Waals surface area contributed by atoms with E-state index in [4.69, 9.17) is 9.97 Å². The van der Waals surface area contributed by atoms with Crippen LogP contribution in [-0.2, 0) is 16.4 Å². The number of hydrogen-bond acceptors (Lipinski definition) is 2. The van der Waals surface area contributed by atoms with E-state index in [0.717, 1.165) is 5.69 Å². The van der Waals surface area contributed by atoms with Crippen molar-refractivity contribution in [3.05, 3.63) is 322 Å². The maximum Gasteiger partial charge on any atom is 0.122 e.